The van der Waals surface area contributed by atoms with Crippen molar-refractivity contribution in [2.75, 3.05) is 18.4 Å². The Morgan fingerprint density at radius 2 is 1.71 bits per heavy atom. The topological polar surface area (TPSA) is 211 Å². The van der Waals surface area contributed by atoms with Gasteiger partial charge in [0.25, 0.3) is 5.91 Å². The second-order valence-electron chi connectivity index (χ2n) is 14.6. The average Bonchev–Trinajstić information content (AvgIpc) is 3.67. The van der Waals surface area contributed by atoms with Gasteiger partial charge in [-0.2, -0.15) is 0 Å². The van der Waals surface area contributed by atoms with Crippen molar-refractivity contribution in [2.24, 2.45) is 17.4 Å². The van der Waals surface area contributed by atoms with Crippen LogP contribution in [0.25, 0.3) is 22.5 Å². The fraction of sp³-hybridized carbons (Fsp3) is 0.357. The molecule has 4 aromatic rings. The highest BCUT2D eigenvalue weighted by Crippen LogP contribution is 2.34. The van der Waals surface area contributed by atoms with Crippen LogP contribution in [0.15, 0.2) is 66.9 Å². The summed E-state index contributed by atoms with van der Waals surface area (Å²) in [5.74, 6) is -1.40. The summed E-state index contributed by atoms with van der Waals surface area (Å²) >= 11 is 0. The number of rotatable bonds is 10. The average molecular weight is 745 g/mol. The lowest BCUT2D eigenvalue weighted by atomic mass is 9.93. The Morgan fingerprint density at radius 1 is 0.945 bits per heavy atom. The number of primary amides is 1. The maximum Gasteiger partial charge on any atom is 0.255 e. The standard InChI is InChI=1S/C42H48N8O5/c1-24-16-29-19-32(31-9-5-8-28(18-31)21-36(51)45-23-37(52)48-35(20-29)39(44)53)38(24)50-42(55)34(14-15-43)49-41(54)33-22-46-40(47-25(33)2)30-12-10-27(11-13-30)17-26-6-3-4-7-26/h5,8-13,16,18-19,22,26,34-35H,3-4,6-7,14-15,17,20-21,23,43H2,1-2H3,(H2,44,53)(H,45,51)(H,48,52)(H,49,54)(H,50,55)/t34-,35?/m0/s1. The van der Waals surface area contributed by atoms with Gasteiger partial charge in [-0.1, -0.05) is 80.3 Å². The summed E-state index contributed by atoms with van der Waals surface area (Å²) in [5, 5.41) is 11.0. The smallest absolute Gasteiger partial charge is 0.255 e. The third kappa shape index (κ3) is 9.78. The van der Waals surface area contributed by atoms with Gasteiger partial charge in [0.05, 0.1) is 29.9 Å². The molecule has 0 saturated heterocycles. The second-order valence-corrected chi connectivity index (χ2v) is 14.6. The zero-order valence-corrected chi connectivity index (χ0v) is 31.2. The maximum atomic E-state index is 14.0. The van der Waals surface area contributed by atoms with Gasteiger partial charge in [0.1, 0.15) is 12.1 Å². The van der Waals surface area contributed by atoms with E-state index in [0.717, 1.165) is 17.9 Å². The molecule has 6 rings (SSSR count). The minimum atomic E-state index is -1.04. The number of hydrogen-bond donors (Lipinski definition) is 6. The number of carbonyl (C=O) groups excluding carboxylic acids is 5. The molecule has 8 N–H and O–H groups in total. The van der Waals surface area contributed by atoms with E-state index >= 15 is 0 Å². The number of fused-ring (bicyclic) bond motifs is 5. The highest BCUT2D eigenvalue weighted by Gasteiger charge is 2.26. The predicted octanol–water partition coefficient (Wildman–Crippen LogP) is 3.43. The zero-order valence-electron chi connectivity index (χ0n) is 31.2. The minimum absolute atomic E-state index is 0.00209. The van der Waals surface area contributed by atoms with Gasteiger partial charge in [-0.15, -0.1) is 0 Å². The van der Waals surface area contributed by atoms with Crippen LogP contribution >= 0.6 is 0 Å². The second kappa shape index (κ2) is 17.5. The van der Waals surface area contributed by atoms with E-state index in [4.69, 9.17) is 11.5 Å². The normalized spacial score (nSPS) is 16.7. The van der Waals surface area contributed by atoms with Crippen molar-refractivity contribution in [3.05, 3.63) is 100 Å². The van der Waals surface area contributed by atoms with Crippen LogP contribution in [0.5, 0.6) is 0 Å². The number of aromatic nitrogens is 2. The van der Waals surface area contributed by atoms with Crippen LogP contribution in [0.1, 0.15) is 70.4 Å². The summed E-state index contributed by atoms with van der Waals surface area (Å²) in [4.78, 5) is 74.3. The van der Waals surface area contributed by atoms with E-state index in [-0.39, 0.29) is 43.8 Å². The van der Waals surface area contributed by atoms with Gasteiger partial charge in [0, 0.05) is 23.7 Å². The molecule has 2 aliphatic rings. The summed E-state index contributed by atoms with van der Waals surface area (Å²) in [6.07, 6.45) is 7.98. The number of amides is 5. The number of aryl methyl sites for hydroxylation is 2. The number of nitrogens with zero attached hydrogens (tertiary/aromatic N) is 2. The fourth-order valence-electron chi connectivity index (χ4n) is 7.40. The lowest BCUT2D eigenvalue weighted by molar-refractivity contribution is -0.128. The van der Waals surface area contributed by atoms with Crippen molar-refractivity contribution in [3.63, 3.8) is 0 Å². The number of hydrogen-bond acceptors (Lipinski definition) is 8. The lowest BCUT2D eigenvalue weighted by Crippen LogP contribution is -2.49. The molecule has 2 heterocycles. The first-order valence-corrected chi connectivity index (χ1v) is 18.8. The van der Waals surface area contributed by atoms with Crippen LogP contribution in [0.4, 0.5) is 5.69 Å². The van der Waals surface area contributed by atoms with E-state index in [9.17, 15) is 24.0 Å². The molecule has 1 unspecified atom stereocenters. The number of carbonyl (C=O) groups is 5. The van der Waals surface area contributed by atoms with E-state index in [1.54, 1.807) is 25.1 Å². The highest BCUT2D eigenvalue weighted by atomic mass is 16.2. The number of nitrogens with two attached hydrogens (primary N) is 2. The van der Waals surface area contributed by atoms with Crippen LogP contribution in [0, 0.1) is 19.8 Å². The van der Waals surface area contributed by atoms with E-state index in [1.165, 1.54) is 37.4 Å². The third-order valence-electron chi connectivity index (χ3n) is 10.3. The first-order chi connectivity index (χ1) is 26.5. The van der Waals surface area contributed by atoms with Crippen molar-refractivity contribution in [1.29, 1.82) is 0 Å². The molecule has 3 aromatic carbocycles. The maximum absolute atomic E-state index is 14.0. The minimum Gasteiger partial charge on any atom is -0.368 e. The van der Waals surface area contributed by atoms with Crippen LogP contribution in [0.2, 0.25) is 0 Å². The molecule has 5 amide bonds. The van der Waals surface area contributed by atoms with Gasteiger partial charge in [-0.05, 0) is 73.0 Å². The monoisotopic (exact) mass is 744 g/mol. The number of nitrogens with one attached hydrogen (secondary N) is 4. The Labute approximate surface area is 320 Å². The molecule has 1 fully saturated rings. The Kier molecular flexibility index (Phi) is 12.3. The van der Waals surface area contributed by atoms with Gasteiger partial charge in [-0.25, -0.2) is 9.97 Å². The van der Waals surface area contributed by atoms with Crippen molar-refractivity contribution in [2.45, 2.75) is 77.3 Å². The molecular weight excluding hydrogens is 697 g/mol. The summed E-state index contributed by atoms with van der Waals surface area (Å²) < 4.78 is 0. The lowest BCUT2D eigenvalue weighted by Gasteiger charge is -2.23. The van der Waals surface area contributed by atoms with Crippen molar-refractivity contribution >= 4 is 35.2 Å². The molecule has 1 aromatic heterocycles. The summed E-state index contributed by atoms with van der Waals surface area (Å²) in [7, 11) is 0. The Hall–Kier alpha value is -5.95. The number of benzene rings is 3. The Morgan fingerprint density at radius 3 is 2.42 bits per heavy atom. The summed E-state index contributed by atoms with van der Waals surface area (Å²) in [6.45, 7) is 3.37. The molecule has 55 heavy (non-hydrogen) atoms. The van der Waals surface area contributed by atoms with Crippen molar-refractivity contribution in [1.82, 2.24) is 25.9 Å². The largest absolute Gasteiger partial charge is 0.368 e. The predicted molar refractivity (Wildman–Crippen MR) is 210 cm³/mol. The van der Waals surface area contributed by atoms with Crippen LogP contribution in [-0.4, -0.2) is 64.7 Å². The highest BCUT2D eigenvalue weighted by molar-refractivity contribution is 6.04. The first-order valence-electron chi connectivity index (χ1n) is 18.8. The molecule has 1 aliphatic carbocycles. The molecule has 0 spiro atoms. The molecule has 1 aliphatic heterocycles. The molecule has 1 saturated carbocycles. The molecule has 4 bridgehead atoms. The SMILES string of the molecule is Cc1cc2cc(c1NC(=O)[C@H](CCN)NC(=O)c1cnc(-c3ccc(CC4CCCC4)cc3)nc1C)-c1cccc(c1)CC(=O)NCC(=O)NC(C(N)=O)C2. The van der Waals surface area contributed by atoms with Gasteiger partial charge >= 0.3 is 0 Å². The summed E-state index contributed by atoms with van der Waals surface area (Å²) in [5.41, 5.74) is 18.3. The van der Waals surface area contributed by atoms with Crippen LogP contribution < -0.4 is 32.7 Å². The third-order valence-corrected chi connectivity index (χ3v) is 10.3. The molecular formula is C42H48N8O5. The number of anilines is 1. The van der Waals surface area contributed by atoms with Gasteiger partial charge in [0.15, 0.2) is 5.82 Å². The van der Waals surface area contributed by atoms with E-state index in [0.29, 0.717) is 45.0 Å². The first kappa shape index (κ1) is 38.8. The molecule has 2 atom stereocenters. The van der Waals surface area contributed by atoms with E-state index in [2.05, 4.69) is 43.4 Å². The van der Waals surface area contributed by atoms with Gasteiger partial charge < -0.3 is 32.7 Å². The molecule has 286 valence electrons. The quantitative estimate of drug-likeness (QED) is 0.141. The van der Waals surface area contributed by atoms with Gasteiger partial charge in [0.2, 0.25) is 23.6 Å². The zero-order chi connectivity index (χ0) is 39.1. The van der Waals surface area contributed by atoms with Crippen molar-refractivity contribution in [3.8, 4) is 22.5 Å². The van der Waals surface area contributed by atoms with E-state index < -0.39 is 35.7 Å². The Bertz CT molecular complexity index is 2090. The summed E-state index contributed by atoms with van der Waals surface area (Å²) in [6, 6.07) is 17.1. The van der Waals surface area contributed by atoms with Crippen LogP contribution in [-0.2, 0) is 38.4 Å². The molecule has 0 radical (unpaired) electrons. The molecule has 13 heteroatoms. The van der Waals surface area contributed by atoms with Crippen LogP contribution in [0.3, 0.4) is 0 Å². The van der Waals surface area contributed by atoms with Gasteiger partial charge in [-0.3, -0.25) is 24.0 Å². The fourth-order valence-corrected chi connectivity index (χ4v) is 7.40. The van der Waals surface area contributed by atoms with E-state index in [1.807, 2.05) is 37.3 Å². The van der Waals surface area contributed by atoms with Crippen molar-refractivity contribution < 1.29 is 24.0 Å². The Balaban J connectivity index is 1.23. The molecule has 13 nitrogen and oxygen atoms in total.